The number of anilines is 1. The summed E-state index contributed by atoms with van der Waals surface area (Å²) >= 11 is 5.67. The molecule has 1 aliphatic heterocycles. The highest BCUT2D eigenvalue weighted by Crippen LogP contribution is 2.18. The molecule has 1 aromatic heterocycles. The molecule has 1 amide bonds. The summed E-state index contributed by atoms with van der Waals surface area (Å²) in [6, 6.07) is 1.53. The smallest absolute Gasteiger partial charge is 0.257 e. The molecule has 0 unspecified atom stereocenters. The minimum atomic E-state index is -0.0817. The summed E-state index contributed by atoms with van der Waals surface area (Å²) in [7, 11) is 1.74. The molecule has 0 atom stereocenters. The van der Waals surface area contributed by atoms with Crippen molar-refractivity contribution < 1.29 is 4.79 Å². The minimum Gasteiger partial charge on any atom is -0.366 e. The van der Waals surface area contributed by atoms with Crippen LogP contribution in [0.4, 0.5) is 5.82 Å². The lowest BCUT2D eigenvalue weighted by Gasteiger charge is -2.12. The Morgan fingerprint density at radius 3 is 3.14 bits per heavy atom. The highest BCUT2D eigenvalue weighted by Gasteiger charge is 2.21. The number of halogens is 1. The fraction of sp³-hybridized carbons (Fsp3) is 0.375. The second-order valence-electron chi connectivity index (χ2n) is 3.08. The highest BCUT2D eigenvalue weighted by molar-refractivity contribution is 6.29. The number of carbonyl (C=O) groups is 1. The monoisotopic (exact) mass is 212 g/mol. The number of carbonyl (C=O) groups excluding carboxylic acids is 1. The molecule has 5 nitrogen and oxygen atoms in total. The Morgan fingerprint density at radius 1 is 1.57 bits per heavy atom. The van der Waals surface area contributed by atoms with Gasteiger partial charge in [-0.2, -0.15) is 0 Å². The zero-order valence-electron chi connectivity index (χ0n) is 7.62. The molecule has 0 radical (unpaired) electrons. The number of rotatable bonds is 0. The van der Waals surface area contributed by atoms with E-state index >= 15 is 0 Å². The predicted octanol–water partition coefficient (Wildman–Crippen LogP) is 0.627. The first-order valence-corrected chi connectivity index (χ1v) is 4.59. The molecule has 14 heavy (non-hydrogen) atoms. The molecule has 1 N–H and O–H groups in total. The fourth-order valence-electron chi connectivity index (χ4n) is 1.31. The summed E-state index contributed by atoms with van der Waals surface area (Å²) in [6.45, 7) is 1.32. The van der Waals surface area contributed by atoms with Crippen molar-refractivity contribution in [1.82, 2.24) is 15.1 Å². The molecule has 0 aliphatic carbocycles. The molecular formula is C8H9ClN4O. The molecule has 0 spiro atoms. The van der Waals surface area contributed by atoms with E-state index < -0.39 is 0 Å². The van der Waals surface area contributed by atoms with Gasteiger partial charge in [-0.3, -0.25) is 4.79 Å². The molecule has 1 aromatic rings. The van der Waals surface area contributed by atoms with Gasteiger partial charge in [0, 0.05) is 20.1 Å². The largest absolute Gasteiger partial charge is 0.366 e. The first-order valence-electron chi connectivity index (χ1n) is 4.21. The SMILES string of the molecule is CN1CCNc2nnc(Cl)cc2C1=O. The van der Waals surface area contributed by atoms with E-state index in [1.54, 1.807) is 11.9 Å². The molecule has 74 valence electrons. The van der Waals surface area contributed by atoms with Crippen LogP contribution in [-0.2, 0) is 0 Å². The first-order chi connectivity index (χ1) is 6.68. The van der Waals surface area contributed by atoms with Gasteiger partial charge in [0.15, 0.2) is 11.0 Å². The number of hydrogen-bond acceptors (Lipinski definition) is 4. The highest BCUT2D eigenvalue weighted by atomic mass is 35.5. The van der Waals surface area contributed by atoms with Gasteiger partial charge in [0.05, 0.1) is 5.56 Å². The predicted molar refractivity (Wildman–Crippen MR) is 52.5 cm³/mol. The normalized spacial score (nSPS) is 15.9. The average molecular weight is 213 g/mol. The van der Waals surface area contributed by atoms with Gasteiger partial charge in [-0.15, -0.1) is 10.2 Å². The van der Waals surface area contributed by atoms with Crippen molar-refractivity contribution in [3.05, 3.63) is 16.8 Å². The number of aromatic nitrogens is 2. The van der Waals surface area contributed by atoms with Crippen molar-refractivity contribution in [3.63, 3.8) is 0 Å². The van der Waals surface area contributed by atoms with Gasteiger partial charge in [0.1, 0.15) is 0 Å². The van der Waals surface area contributed by atoms with Crippen LogP contribution >= 0.6 is 11.6 Å². The van der Waals surface area contributed by atoms with E-state index in [0.29, 0.717) is 24.5 Å². The van der Waals surface area contributed by atoms with Crippen LogP contribution < -0.4 is 5.32 Å². The van der Waals surface area contributed by atoms with Crippen molar-refractivity contribution in [2.75, 3.05) is 25.5 Å². The second-order valence-corrected chi connectivity index (χ2v) is 3.47. The van der Waals surface area contributed by atoms with Crippen molar-refractivity contribution in [2.24, 2.45) is 0 Å². The van der Waals surface area contributed by atoms with Gasteiger partial charge < -0.3 is 10.2 Å². The third-order valence-corrected chi connectivity index (χ3v) is 2.27. The lowest BCUT2D eigenvalue weighted by atomic mass is 10.2. The van der Waals surface area contributed by atoms with Crippen LogP contribution in [0.25, 0.3) is 0 Å². The number of fused-ring (bicyclic) bond motifs is 1. The molecule has 0 bridgehead atoms. The molecular weight excluding hydrogens is 204 g/mol. The Balaban J connectivity index is 2.50. The Morgan fingerprint density at radius 2 is 2.36 bits per heavy atom. The minimum absolute atomic E-state index is 0.0817. The van der Waals surface area contributed by atoms with Crippen LogP contribution in [0.3, 0.4) is 0 Å². The third-order valence-electron chi connectivity index (χ3n) is 2.08. The molecule has 0 aromatic carbocycles. The summed E-state index contributed by atoms with van der Waals surface area (Å²) in [5, 5.41) is 10.7. The maximum absolute atomic E-state index is 11.7. The van der Waals surface area contributed by atoms with Crippen molar-refractivity contribution in [2.45, 2.75) is 0 Å². The Labute approximate surface area is 86.1 Å². The van der Waals surface area contributed by atoms with Crippen LogP contribution in [0.2, 0.25) is 5.15 Å². The number of amides is 1. The maximum Gasteiger partial charge on any atom is 0.257 e. The van der Waals surface area contributed by atoms with E-state index in [2.05, 4.69) is 15.5 Å². The van der Waals surface area contributed by atoms with Crippen LogP contribution in [0.5, 0.6) is 0 Å². The van der Waals surface area contributed by atoms with Gasteiger partial charge in [-0.25, -0.2) is 0 Å². The Bertz CT molecular complexity index is 382. The Hall–Kier alpha value is -1.36. The zero-order chi connectivity index (χ0) is 10.1. The fourth-order valence-corrected chi connectivity index (χ4v) is 1.46. The molecule has 1 aliphatic rings. The molecule has 2 rings (SSSR count). The third kappa shape index (κ3) is 1.50. The summed E-state index contributed by atoms with van der Waals surface area (Å²) in [5.74, 6) is 0.422. The van der Waals surface area contributed by atoms with Gasteiger partial charge in [-0.1, -0.05) is 11.6 Å². The molecule has 0 saturated carbocycles. The quantitative estimate of drug-likeness (QED) is 0.685. The van der Waals surface area contributed by atoms with E-state index in [9.17, 15) is 4.79 Å². The van der Waals surface area contributed by atoms with E-state index in [-0.39, 0.29) is 11.1 Å². The van der Waals surface area contributed by atoms with E-state index in [1.165, 1.54) is 6.07 Å². The van der Waals surface area contributed by atoms with Crippen LogP contribution in [0, 0.1) is 0 Å². The zero-order valence-corrected chi connectivity index (χ0v) is 8.38. The van der Waals surface area contributed by atoms with E-state index in [0.717, 1.165) is 0 Å². The first kappa shape index (κ1) is 9.21. The van der Waals surface area contributed by atoms with Crippen LogP contribution in [-0.4, -0.2) is 41.1 Å². The summed E-state index contributed by atoms with van der Waals surface area (Å²) in [5.41, 5.74) is 0.477. The summed E-state index contributed by atoms with van der Waals surface area (Å²) < 4.78 is 0. The van der Waals surface area contributed by atoms with Crippen molar-refractivity contribution >= 4 is 23.3 Å². The van der Waals surface area contributed by atoms with Crippen LogP contribution in [0.15, 0.2) is 6.07 Å². The lowest BCUT2D eigenvalue weighted by Crippen LogP contribution is -2.28. The van der Waals surface area contributed by atoms with Gasteiger partial charge in [0.2, 0.25) is 0 Å². The standard InChI is InChI=1S/C8H9ClN4O/c1-13-3-2-10-7-5(8(13)14)4-6(9)11-12-7/h4H,2-3H2,1H3,(H,10,12). The van der Waals surface area contributed by atoms with Gasteiger partial charge in [0.25, 0.3) is 5.91 Å². The van der Waals surface area contributed by atoms with Gasteiger partial charge >= 0.3 is 0 Å². The Kier molecular flexibility index (Phi) is 2.25. The summed E-state index contributed by atoms with van der Waals surface area (Å²) in [6.07, 6.45) is 0. The second kappa shape index (κ2) is 3.42. The average Bonchev–Trinajstić information content (AvgIpc) is 2.30. The molecule has 0 saturated heterocycles. The molecule has 6 heteroatoms. The molecule has 2 heterocycles. The maximum atomic E-state index is 11.7. The van der Waals surface area contributed by atoms with Crippen LogP contribution in [0.1, 0.15) is 10.4 Å². The van der Waals surface area contributed by atoms with Gasteiger partial charge in [-0.05, 0) is 6.07 Å². The lowest BCUT2D eigenvalue weighted by molar-refractivity contribution is 0.0805. The summed E-state index contributed by atoms with van der Waals surface area (Å²) in [4.78, 5) is 13.4. The topological polar surface area (TPSA) is 58.1 Å². The molecule has 0 fully saturated rings. The number of nitrogens with zero attached hydrogens (tertiary/aromatic N) is 3. The number of likely N-dealkylation sites (N-methyl/N-ethyl adjacent to an activating group) is 1. The van der Waals surface area contributed by atoms with E-state index in [4.69, 9.17) is 11.6 Å². The van der Waals surface area contributed by atoms with Crippen molar-refractivity contribution in [3.8, 4) is 0 Å². The van der Waals surface area contributed by atoms with Crippen molar-refractivity contribution in [1.29, 1.82) is 0 Å². The number of nitrogens with one attached hydrogen (secondary N) is 1. The number of hydrogen-bond donors (Lipinski definition) is 1. The van der Waals surface area contributed by atoms with E-state index in [1.807, 2.05) is 0 Å².